The molecule has 0 aliphatic heterocycles. The van der Waals surface area contributed by atoms with E-state index in [9.17, 15) is 9.59 Å². The number of unbranched alkanes of at least 4 members (excludes halogenated alkanes) is 3. The van der Waals surface area contributed by atoms with Gasteiger partial charge in [-0.05, 0) is 38.0 Å². The van der Waals surface area contributed by atoms with Crippen molar-refractivity contribution in [1.29, 1.82) is 0 Å². The van der Waals surface area contributed by atoms with Crippen molar-refractivity contribution in [2.24, 2.45) is 0 Å². The molecule has 0 bridgehead atoms. The zero-order valence-electron chi connectivity index (χ0n) is 18.0. The Bertz CT molecular complexity index is 1110. The van der Waals surface area contributed by atoms with Crippen LogP contribution in [0.25, 0.3) is 22.1 Å². The highest BCUT2D eigenvalue weighted by atomic mass is 16.5. The molecule has 5 heteroatoms. The maximum atomic E-state index is 13.3. The van der Waals surface area contributed by atoms with E-state index in [1.165, 1.54) is 0 Å². The molecular formula is C25H28O5. The average Bonchev–Trinajstić information content (AvgIpc) is 2.73. The van der Waals surface area contributed by atoms with Crippen molar-refractivity contribution in [3.8, 4) is 22.6 Å². The van der Waals surface area contributed by atoms with Crippen LogP contribution in [-0.2, 0) is 4.79 Å². The number of fused-ring (bicyclic) bond motifs is 1. The number of esters is 1. The van der Waals surface area contributed by atoms with Crippen LogP contribution in [0.1, 0.15) is 50.4 Å². The lowest BCUT2D eigenvalue weighted by Gasteiger charge is -2.13. The molecule has 0 saturated carbocycles. The van der Waals surface area contributed by atoms with Crippen LogP contribution in [0.2, 0.25) is 0 Å². The second-order valence-electron chi connectivity index (χ2n) is 7.46. The summed E-state index contributed by atoms with van der Waals surface area (Å²) in [5, 5.41) is 0.446. The molecule has 0 fully saturated rings. The summed E-state index contributed by atoms with van der Waals surface area (Å²) in [5.74, 6) is 1.25. The topological polar surface area (TPSA) is 65.7 Å². The highest BCUT2D eigenvalue weighted by molar-refractivity contribution is 5.86. The molecule has 5 nitrogen and oxygen atoms in total. The van der Waals surface area contributed by atoms with Gasteiger partial charge in [0.2, 0.25) is 5.43 Å². The van der Waals surface area contributed by atoms with Crippen molar-refractivity contribution in [1.82, 2.24) is 0 Å². The van der Waals surface area contributed by atoms with Gasteiger partial charge in [0.05, 0.1) is 18.1 Å². The lowest BCUT2D eigenvalue weighted by Crippen LogP contribution is -2.11. The van der Waals surface area contributed by atoms with Crippen molar-refractivity contribution in [3.05, 3.63) is 57.9 Å². The van der Waals surface area contributed by atoms with E-state index in [4.69, 9.17) is 13.9 Å². The van der Waals surface area contributed by atoms with E-state index in [0.29, 0.717) is 51.3 Å². The summed E-state index contributed by atoms with van der Waals surface area (Å²) in [4.78, 5) is 25.5. The van der Waals surface area contributed by atoms with Crippen molar-refractivity contribution in [2.45, 2.75) is 52.9 Å². The first-order valence-corrected chi connectivity index (χ1v) is 10.4. The molecule has 0 aliphatic rings. The lowest BCUT2D eigenvalue weighted by atomic mass is 10.0. The maximum absolute atomic E-state index is 13.3. The SMILES string of the molecule is CCCCCCC(=O)Oc1cc2oc(C)c(-c3ccccc3OC)c(=O)c2cc1C. The summed E-state index contributed by atoms with van der Waals surface area (Å²) in [5.41, 5.74) is 2.13. The fraction of sp³-hybridized carbons (Fsp3) is 0.360. The molecule has 0 spiro atoms. The number of carbonyl (C=O) groups excluding carboxylic acids is 1. The van der Waals surface area contributed by atoms with E-state index in [-0.39, 0.29) is 11.4 Å². The Morgan fingerprint density at radius 1 is 1.03 bits per heavy atom. The molecule has 1 heterocycles. The number of para-hydroxylation sites is 1. The summed E-state index contributed by atoms with van der Waals surface area (Å²) in [7, 11) is 1.57. The first kappa shape index (κ1) is 21.6. The van der Waals surface area contributed by atoms with Gasteiger partial charge in [0.25, 0.3) is 0 Å². The zero-order valence-corrected chi connectivity index (χ0v) is 18.0. The molecule has 0 aliphatic carbocycles. The normalized spacial score (nSPS) is 10.9. The van der Waals surface area contributed by atoms with Crippen LogP contribution in [0.15, 0.2) is 45.6 Å². The van der Waals surface area contributed by atoms with Crippen LogP contribution in [0.4, 0.5) is 0 Å². The van der Waals surface area contributed by atoms with Gasteiger partial charge in [-0.25, -0.2) is 0 Å². The molecule has 0 saturated heterocycles. The predicted molar refractivity (Wildman–Crippen MR) is 118 cm³/mol. The first-order valence-electron chi connectivity index (χ1n) is 10.4. The average molecular weight is 408 g/mol. The number of ether oxygens (including phenoxy) is 2. The van der Waals surface area contributed by atoms with E-state index >= 15 is 0 Å². The molecular weight excluding hydrogens is 380 g/mol. The van der Waals surface area contributed by atoms with Gasteiger partial charge in [0.1, 0.15) is 22.8 Å². The number of benzene rings is 2. The molecule has 0 unspecified atom stereocenters. The quantitative estimate of drug-likeness (QED) is 0.261. The van der Waals surface area contributed by atoms with E-state index < -0.39 is 0 Å². The smallest absolute Gasteiger partial charge is 0.311 e. The van der Waals surface area contributed by atoms with E-state index in [1.54, 1.807) is 26.2 Å². The highest BCUT2D eigenvalue weighted by Crippen LogP contribution is 2.33. The molecule has 0 N–H and O–H groups in total. The van der Waals surface area contributed by atoms with E-state index in [1.807, 2.05) is 31.2 Å². The van der Waals surface area contributed by atoms with Crippen LogP contribution in [0.3, 0.4) is 0 Å². The third-order valence-electron chi connectivity index (χ3n) is 5.20. The second-order valence-corrected chi connectivity index (χ2v) is 7.46. The van der Waals surface area contributed by atoms with Crippen molar-refractivity contribution in [2.75, 3.05) is 7.11 Å². The number of rotatable bonds is 8. The zero-order chi connectivity index (χ0) is 21.7. The minimum atomic E-state index is -0.265. The molecule has 0 amide bonds. The number of methoxy groups -OCH3 is 1. The van der Waals surface area contributed by atoms with Crippen LogP contribution < -0.4 is 14.9 Å². The Balaban J connectivity index is 1.97. The molecule has 30 heavy (non-hydrogen) atoms. The summed E-state index contributed by atoms with van der Waals surface area (Å²) in [6, 6.07) is 10.7. The fourth-order valence-corrected chi connectivity index (χ4v) is 3.58. The van der Waals surface area contributed by atoms with Crippen molar-refractivity contribution >= 4 is 16.9 Å². The van der Waals surface area contributed by atoms with Gasteiger partial charge in [0.15, 0.2) is 0 Å². The van der Waals surface area contributed by atoms with Gasteiger partial charge >= 0.3 is 5.97 Å². The summed E-state index contributed by atoms with van der Waals surface area (Å²) in [6.07, 6.45) is 4.44. The number of hydrogen-bond acceptors (Lipinski definition) is 5. The molecule has 0 radical (unpaired) electrons. The monoisotopic (exact) mass is 408 g/mol. The second kappa shape index (κ2) is 9.61. The number of hydrogen-bond donors (Lipinski definition) is 0. The highest BCUT2D eigenvalue weighted by Gasteiger charge is 2.18. The Morgan fingerprint density at radius 2 is 1.80 bits per heavy atom. The third-order valence-corrected chi connectivity index (χ3v) is 5.20. The summed E-state index contributed by atoms with van der Waals surface area (Å²) < 4.78 is 16.9. The first-order chi connectivity index (χ1) is 14.5. The van der Waals surface area contributed by atoms with Crippen molar-refractivity contribution < 1.29 is 18.7 Å². The minimum absolute atomic E-state index is 0.140. The van der Waals surface area contributed by atoms with Gasteiger partial charge in [-0.2, -0.15) is 0 Å². The van der Waals surface area contributed by atoms with Crippen molar-refractivity contribution in [3.63, 3.8) is 0 Å². The molecule has 158 valence electrons. The largest absolute Gasteiger partial charge is 0.496 e. The summed E-state index contributed by atoms with van der Waals surface area (Å²) >= 11 is 0. The van der Waals surface area contributed by atoms with E-state index in [0.717, 1.165) is 25.7 Å². The molecule has 2 aromatic carbocycles. The Hall–Kier alpha value is -3.08. The predicted octanol–water partition coefficient (Wildman–Crippen LogP) is 5.96. The van der Waals surface area contributed by atoms with Gasteiger partial charge < -0.3 is 13.9 Å². The van der Waals surface area contributed by atoms with Crippen LogP contribution in [0, 0.1) is 13.8 Å². The Kier molecular flexibility index (Phi) is 6.93. The third kappa shape index (κ3) is 4.56. The fourth-order valence-electron chi connectivity index (χ4n) is 3.58. The van der Waals surface area contributed by atoms with Crippen LogP contribution >= 0.6 is 0 Å². The Labute approximate surface area is 176 Å². The lowest BCUT2D eigenvalue weighted by molar-refractivity contribution is -0.134. The minimum Gasteiger partial charge on any atom is -0.496 e. The Morgan fingerprint density at radius 3 is 2.53 bits per heavy atom. The van der Waals surface area contributed by atoms with Gasteiger partial charge in [-0.15, -0.1) is 0 Å². The molecule has 1 aromatic heterocycles. The molecule has 3 rings (SSSR count). The van der Waals surface area contributed by atoms with Crippen LogP contribution in [-0.4, -0.2) is 13.1 Å². The molecule has 3 aromatic rings. The van der Waals surface area contributed by atoms with Gasteiger partial charge in [-0.1, -0.05) is 44.4 Å². The van der Waals surface area contributed by atoms with E-state index in [2.05, 4.69) is 6.92 Å². The maximum Gasteiger partial charge on any atom is 0.311 e. The standard InChI is InChI=1S/C25H28O5/c1-5-6-7-8-13-23(26)30-21-15-22-19(14-16(21)2)25(27)24(17(3)29-22)18-11-9-10-12-20(18)28-4/h9-12,14-15H,5-8,13H2,1-4H3. The molecule has 0 atom stereocenters. The summed E-state index contributed by atoms with van der Waals surface area (Å²) in [6.45, 7) is 5.70. The number of carbonyl (C=O) groups is 1. The number of aryl methyl sites for hydroxylation is 2. The van der Waals surface area contributed by atoms with Crippen LogP contribution in [0.5, 0.6) is 11.5 Å². The van der Waals surface area contributed by atoms with Gasteiger partial charge in [-0.3, -0.25) is 9.59 Å². The van der Waals surface area contributed by atoms with Gasteiger partial charge in [0, 0.05) is 18.1 Å².